The number of halogens is 1. The van der Waals surface area contributed by atoms with Crippen molar-refractivity contribution in [3.63, 3.8) is 0 Å². The number of rotatable bonds is 5. The Balaban J connectivity index is 1.84. The van der Waals surface area contributed by atoms with E-state index in [2.05, 4.69) is 30.8 Å². The zero-order chi connectivity index (χ0) is 18.9. The maximum atomic E-state index is 11.8. The molecule has 0 saturated heterocycles. The van der Waals surface area contributed by atoms with Gasteiger partial charge in [-0.15, -0.1) is 0 Å². The van der Waals surface area contributed by atoms with Gasteiger partial charge < -0.3 is 10.6 Å². The van der Waals surface area contributed by atoms with Gasteiger partial charge in [-0.3, -0.25) is 5.10 Å². The van der Waals surface area contributed by atoms with Crippen molar-refractivity contribution in [1.82, 2.24) is 20.2 Å². The molecule has 136 valence electrons. The molecule has 0 radical (unpaired) electrons. The average molecular weight is 393 g/mol. The van der Waals surface area contributed by atoms with Crippen LogP contribution in [0.3, 0.4) is 0 Å². The second-order valence-corrected chi connectivity index (χ2v) is 8.15. The summed E-state index contributed by atoms with van der Waals surface area (Å²) in [6.07, 6.45) is 2.69. The van der Waals surface area contributed by atoms with Crippen LogP contribution in [0, 0.1) is 13.8 Å². The highest BCUT2D eigenvalue weighted by atomic mass is 35.5. The molecule has 0 bridgehead atoms. The van der Waals surface area contributed by atoms with Crippen molar-refractivity contribution in [1.29, 1.82) is 0 Å². The third kappa shape index (κ3) is 3.94. The van der Waals surface area contributed by atoms with Gasteiger partial charge in [0, 0.05) is 29.4 Å². The van der Waals surface area contributed by atoms with Gasteiger partial charge in [0.2, 0.25) is 5.95 Å². The Morgan fingerprint density at radius 2 is 1.92 bits per heavy atom. The number of aryl methyl sites for hydroxylation is 1. The van der Waals surface area contributed by atoms with Gasteiger partial charge in [-0.05, 0) is 38.1 Å². The van der Waals surface area contributed by atoms with Crippen LogP contribution in [-0.2, 0) is 9.84 Å². The lowest BCUT2D eigenvalue weighted by Gasteiger charge is -2.09. The van der Waals surface area contributed by atoms with Gasteiger partial charge in [0.1, 0.15) is 5.82 Å². The predicted octanol–water partition coefficient (Wildman–Crippen LogP) is 3.36. The van der Waals surface area contributed by atoms with Crippen LogP contribution >= 0.6 is 11.6 Å². The van der Waals surface area contributed by atoms with Crippen LogP contribution in [0.5, 0.6) is 0 Å². The zero-order valence-electron chi connectivity index (χ0n) is 14.3. The first-order valence-electron chi connectivity index (χ1n) is 7.62. The second-order valence-electron chi connectivity index (χ2n) is 5.76. The number of benzene rings is 1. The monoisotopic (exact) mass is 392 g/mol. The van der Waals surface area contributed by atoms with E-state index in [-0.39, 0.29) is 9.92 Å². The third-order valence-corrected chi connectivity index (χ3v) is 5.32. The Morgan fingerprint density at radius 1 is 1.15 bits per heavy atom. The van der Waals surface area contributed by atoms with Crippen molar-refractivity contribution >= 4 is 44.7 Å². The van der Waals surface area contributed by atoms with Crippen LogP contribution in [-0.4, -0.2) is 34.8 Å². The summed E-state index contributed by atoms with van der Waals surface area (Å²) in [6, 6.07) is 6.32. The summed E-state index contributed by atoms with van der Waals surface area (Å²) in [5.41, 5.74) is 2.47. The molecule has 2 aromatic heterocycles. The van der Waals surface area contributed by atoms with Gasteiger partial charge in [0.15, 0.2) is 15.7 Å². The molecule has 0 aliphatic carbocycles. The number of anilines is 4. The highest BCUT2D eigenvalue weighted by Crippen LogP contribution is 2.26. The molecule has 8 nitrogen and oxygen atoms in total. The quantitative estimate of drug-likeness (QED) is 0.610. The molecule has 3 aromatic rings. The van der Waals surface area contributed by atoms with Gasteiger partial charge in [0.05, 0.1) is 9.92 Å². The zero-order valence-corrected chi connectivity index (χ0v) is 15.9. The summed E-state index contributed by atoms with van der Waals surface area (Å²) in [5, 5.41) is 13.3. The fourth-order valence-corrected chi connectivity index (χ4v) is 3.51. The molecule has 0 aliphatic heterocycles. The van der Waals surface area contributed by atoms with Gasteiger partial charge in [-0.25, -0.2) is 13.4 Å². The van der Waals surface area contributed by atoms with E-state index in [9.17, 15) is 8.42 Å². The maximum absolute atomic E-state index is 11.8. The predicted molar refractivity (Wildman–Crippen MR) is 101 cm³/mol. The minimum atomic E-state index is -3.44. The van der Waals surface area contributed by atoms with Crippen molar-refractivity contribution in [3.05, 3.63) is 46.7 Å². The van der Waals surface area contributed by atoms with Crippen LogP contribution < -0.4 is 10.6 Å². The molecule has 3 N–H and O–H groups in total. The molecule has 10 heteroatoms. The molecule has 3 rings (SSSR count). The lowest BCUT2D eigenvalue weighted by molar-refractivity contribution is 0.602. The minimum Gasteiger partial charge on any atom is -0.324 e. The Hall–Kier alpha value is -2.65. The molecule has 0 amide bonds. The molecule has 26 heavy (non-hydrogen) atoms. The van der Waals surface area contributed by atoms with Crippen LogP contribution in [0.1, 0.15) is 11.3 Å². The summed E-state index contributed by atoms with van der Waals surface area (Å²) < 4.78 is 23.6. The minimum absolute atomic E-state index is 0.0427. The van der Waals surface area contributed by atoms with Crippen molar-refractivity contribution < 1.29 is 8.42 Å². The topological polar surface area (TPSA) is 113 Å². The van der Waals surface area contributed by atoms with Crippen molar-refractivity contribution in [2.75, 3.05) is 16.9 Å². The van der Waals surface area contributed by atoms with Gasteiger partial charge in [0.25, 0.3) is 0 Å². The van der Waals surface area contributed by atoms with Crippen LogP contribution in [0.4, 0.5) is 23.3 Å². The first-order chi connectivity index (χ1) is 12.2. The largest absolute Gasteiger partial charge is 0.324 e. The first-order valence-corrected chi connectivity index (χ1v) is 9.89. The summed E-state index contributed by atoms with van der Waals surface area (Å²) in [6.45, 7) is 3.88. The highest BCUT2D eigenvalue weighted by Gasteiger charge is 2.13. The van der Waals surface area contributed by atoms with E-state index >= 15 is 0 Å². The number of nitrogens with one attached hydrogen (secondary N) is 3. The van der Waals surface area contributed by atoms with Crippen LogP contribution in [0.2, 0.25) is 5.02 Å². The first kappa shape index (κ1) is 18.2. The number of H-pyrrole nitrogens is 1. The lowest BCUT2D eigenvalue weighted by Crippen LogP contribution is -2.03. The van der Waals surface area contributed by atoms with E-state index in [0.717, 1.165) is 17.5 Å². The molecule has 0 fully saturated rings. The Kier molecular flexibility index (Phi) is 4.84. The Morgan fingerprint density at radius 3 is 2.58 bits per heavy atom. The van der Waals surface area contributed by atoms with E-state index in [1.165, 1.54) is 12.1 Å². The van der Waals surface area contributed by atoms with Gasteiger partial charge in [-0.2, -0.15) is 10.1 Å². The number of nitrogens with zero attached hydrogens (tertiary/aromatic N) is 3. The number of hydrogen-bond acceptors (Lipinski definition) is 7. The molecule has 0 unspecified atom stereocenters. The molecule has 2 heterocycles. The lowest BCUT2D eigenvalue weighted by atomic mass is 10.3. The number of hydrogen-bond donors (Lipinski definition) is 3. The van der Waals surface area contributed by atoms with E-state index in [4.69, 9.17) is 11.6 Å². The number of sulfone groups is 1. The molecule has 0 saturated carbocycles. The van der Waals surface area contributed by atoms with E-state index in [1.807, 2.05) is 13.8 Å². The third-order valence-electron chi connectivity index (χ3n) is 3.74. The molecule has 0 spiro atoms. The second kappa shape index (κ2) is 6.93. The van der Waals surface area contributed by atoms with Crippen LogP contribution in [0.15, 0.2) is 35.4 Å². The fourth-order valence-electron chi connectivity index (χ4n) is 2.21. The summed E-state index contributed by atoms with van der Waals surface area (Å²) >= 11 is 5.96. The average Bonchev–Trinajstić information content (AvgIpc) is 2.88. The molecule has 0 aliphatic rings. The maximum Gasteiger partial charge on any atom is 0.229 e. The molecular weight excluding hydrogens is 376 g/mol. The molecule has 0 atom stereocenters. The number of aromatic amines is 1. The Labute approximate surface area is 156 Å². The number of aromatic nitrogens is 4. The SMILES string of the molecule is Cc1[nH]nc(Nc2ccnc(Nc3ccc(Cl)c(S(C)(=O)=O)c3)n2)c1C. The van der Waals surface area contributed by atoms with E-state index in [0.29, 0.717) is 23.3 Å². The van der Waals surface area contributed by atoms with Gasteiger partial charge >= 0.3 is 0 Å². The standard InChI is InChI=1S/C16H17ClN6O2S/c1-9-10(2)22-23-15(9)20-14-6-7-18-16(21-14)19-11-4-5-12(17)13(8-11)26(3,24)25/h4-8H,1-3H3,(H3,18,19,20,21,22,23). The molecule has 1 aromatic carbocycles. The smallest absolute Gasteiger partial charge is 0.229 e. The van der Waals surface area contributed by atoms with Gasteiger partial charge in [-0.1, -0.05) is 11.6 Å². The van der Waals surface area contributed by atoms with Crippen molar-refractivity contribution in [2.45, 2.75) is 18.7 Å². The molecular formula is C16H17ClN6O2S. The van der Waals surface area contributed by atoms with Crippen molar-refractivity contribution in [3.8, 4) is 0 Å². The summed E-state index contributed by atoms with van der Waals surface area (Å²) in [4.78, 5) is 8.55. The normalized spacial score (nSPS) is 11.4. The van der Waals surface area contributed by atoms with E-state index in [1.54, 1.807) is 18.3 Å². The fraction of sp³-hybridized carbons (Fsp3) is 0.188. The highest BCUT2D eigenvalue weighted by molar-refractivity contribution is 7.90. The van der Waals surface area contributed by atoms with Crippen LogP contribution in [0.25, 0.3) is 0 Å². The van der Waals surface area contributed by atoms with E-state index < -0.39 is 9.84 Å². The summed E-state index contributed by atoms with van der Waals surface area (Å²) in [5.74, 6) is 1.54. The summed E-state index contributed by atoms with van der Waals surface area (Å²) in [7, 11) is -3.44. The Bertz CT molecular complexity index is 1060. The van der Waals surface area contributed by atoms with Crippen molar-refractivity contribution in [2.24, 2.45) is 0 Å².